The normalized spacial score (nSPS) is 11.5. The van der Waals surface area contributed by atoms with Crippen LogP contribution in [0, 0.1) is 0 Å². The molecule has 0 aromatic heterocycles. The number of anilines is 1. The van der Waals surface area contributed by atoms with Gasteiger partial charge in [0.25, 0.3) is 0 Å². The van der Waals surface area contributed by atoms with Gasteiger partial charge in [-0.3, -0.25) is 9.59 Å². The molecule has 0 aliphatic carbocycles. The summed E-state index contributed by atoms with van der Waals surface area (Å²) in [5.41, 5.74) is 1.94. The highest BCUT2D eigenvalue weighted by atomic mass is 35.5. The number of benzene rings is 2. The van der Waals surface area contributed by atoms with E-state index in [2.05, 4.69) is 15.5 Å². The Balaban J connectivity index is 1.86. The third-order valence-corrected chi connectivity index (χ3v) is 4.26. The Kier molecular flexibility index (Phi) is 7.48. The van der Waals surface area contributed by atoms with Gasteiger partial charge in [-0.15, -0.1) is 0 Å². The molecular weight excluding hydrogens is 350 g/mol. The Morgan fingerprint density at radius 3 is 2.35 bits per heavy atom. The van der Waals surface area contributed by atoms with Gasteiger partial charge < -0.3 is 15.5 Å². The first-order valence-electron chi connectivity index (χ1n) is 8.51. The molecule has 26 heavy (non-hydrogen) atoms. The summed E-state index contributed by atoms with van der Waals surface area (Å²) in [7, 11) is 1.98. The summed E-state index contributed by atoms with van der Waals surface area (Å²) in [5.74, 6) is -0.290. The molecule has 0 saturated heterocycles. The summed E-state index contributed by atoms with van der Waals surface area (Å²) >= 11 is 5.91. The van der Waals surface area contributed by atoms with Crippen molar-refractivity contribution in [2.24, 2.45) is 0 Å². The largest absolute Gasteiger partial charge is 0.373 e. The molecule has 0 radical (unpaired) electrons. The molecule has 2 aromatic rings. The fraction of sp³-hybridized carbons (Fsp3) is 0.300. The molecule has 1 unspecified atom stereocenters. The maximum absolute atomic E-state index is 12.3. The standard InChI is InChI=1S/C20H24ClN3O2/c1-15(25)23-19(16-8-10-17(21)11-9-16)14-20(26)22-12-13-24(2)18-6-4-3-5-7-18/h3-11,19H,12-14H2,1-2H3,(H,22,26)(H,23,25). The third kappa shape index (κ3) is 6.41. The Morgan fingerprint density at radius 1 is 1.08 bits per heavy atom. The second-order valence-corrected chi connectivity index (χ2v) is 6.55. The van der Waals surface area contributed by atoms with E-state index in [9.17, 15) is 9.59 Å². The molecule has 6 heteroatoms. The second-order valence-electron chi connectivity index (χ2n) is 6.12. The molecule has 0 heterocycles. The van der Waals surface area contributed by atoms with Crippen LogP contribution in [0.5, 0.6) is 0 Å². The van der Waals surface area contributed by atoms with Crippen molar-refractivity contribution in [3.8, 4) is 0 Å². The number of hydrogen-bond acceptors (Lipinski definition) is 3. The van der Waals surface area contributed by atoms with E-state index in [0.717, 1.165) is 11.3 Å². The number of rotatable bonds is 8. The molecule has 2 rings (SSSR count). The van der Waals surface area contributed by atoms with Gasteiger partial charge in [-0.2, -0.15) is 0 Å². The maximum atomic E-state index is 12.3. The van der Waals surface area contributed by atoms with Crippen molar-refractivity contribution < 1.29 is 9.59 Å². The minimum atomic E-state index is -0.378. The average molecular weight is 374 g/mol. The summed E-state index contributed by atoms with van der Waals surface area (Å²) in [6.45, 7) is 2.66. The summed E-state index contributed by atoms with van der Waals surface area (Å²) < 4.78 is 0. The summed E-state index contributed by atoms with van der Waals surface area (Å²) in [6.07, 6.45) is 0.177. The van der Waals surface area contributed by atoms with Gasteiger partial charge in [0.1, 0.15) is 0 Å². The molecule has 1 atom stereocenters. The number of likely N-dealkylation sites (N-methyl/N-ethyl adjacent to an activating group) is 1. The minimum Gasteiger partial charge on any atom is -0.373 e. The minimum absolute atomic E-state index is 0.111. The van der Waals surface area contributed by atoms with Crippen molar-refractivity contribution in [2.75, 3.05) is 25.0 Å². The fourth-order valence-electron chi connectivity index (χ4n) is 2.62. The molecule has 0 spiro atoms. The molecule has 138 valence electrons. The number of halogens is 1. The molecular formula is C20H24ClN3O2. The highest BCUT2D eigenvalue weighted by Gasteiger charge is 2.17. The molecule has 0 fully saturated rings. The van der Waals surface area contributed by atoms with Gasteiger partial charge in [-0.25, -0.2) is 0 Å². The van der Waals surface area contributed by atoms with Crippen molar-refractivity contribution >= 4 is 29.1 Å². The van der Waals surface area contributed by atoms with Crippen LogP contribution in [0.25, 0.3) is 0 Å². The Morgan fingerprint density at radius 2 is 1.73 bits per heavy atom. The van der Waals surface area contributed by atoms with Gasteiger partial charge in [0.15, 0.2) is 0 Å². The van der Waals surface area contributed by atoms with Crippen LogP contribution in [0.1, 0.15) is 24.9 Å². The molecule has 2 aromatic carbocycles. The van der Waals surface area contributed by atoms with Gasteiger partial charge >= 0.3 is 0 Å². The highest BCUT2D eigenvalue weighted by Crippen LogP contribution is 2.19. The summed E-state index contributed by atoms with van der Waals surface area (Å²) in [5, 5.41) is 6.34. The van der Waals surface area contributed by atoms with Crippen molar-refractivity contribution in [3.05, 3.63) is 65.2 Å². The molecule has 0 bridgehead atoms. The molecule has 0 aliphatic rings. The van der Waals surface area contributed by atoms with Crippen LogP contribution in [0.15, 0.2) is 54.6 Å². The molecule has 5 nitrogen and oxygen atoms in total. The van der Waals surface area contributed by atoms with E-state index in [4.69, 9.17) is 11.6 Å². The summed E-state index contributed by atoms with van der Waals surface area (Å²) in [6, 6.07) is 16.7. The third-order valence-electron chi connectivity index (χ3n) is 4.01. The first-order valence-corrected chi connectivity index (χ1v) is 8.89. The van der Waals surface area contributed by atoms with Crippen molar-refractivity contribution in [2.45, 2.75) is 19.4 Å². The average Bonchev–Trinajstić information content (AvgIpc) is 2.62. The van der Waals surface area contributed by atoms with E-state index in [0.29, 0.717) is 18.1 Å². The number of amides is 2. The topological polar surface area (TPSA) is 61.4 Å². The lowest BCUT2D eigenvalue weighted by molar-refractivity contribution is -0.122. The zero-order chi connectivity index (χ0) is 18.9. The Labute approximate surface area is 159 Å². The Hall–Kier alpha value is -2.53. The first-order chi connectivity index (χ1) is 12.5. The molecule has 0 aliphatic heterocycles. The number of carbonyl (C=O) groups is 2. The number of para-hydroxylation sites is 1. The SMILES string of the molecule is CC(=O)NC(CC(=O)NCCN(C)c1ccccc1)c1ccc(Cl)cc1. The van der Waals surface area contributed by atoms with Crippen LogP contribution in [0.2, 0.25) is 5.02 Å². The zero-order valence-corrected chi connectivity index (χ0v) is 15.8. The van der Waals surface area contributed by atoms with E-state index in [1.807, 2.05) is 49.5 Å². The van der Waals surface area contributed by atoms with E-state index in [-0.39, 0.29) is 24.3 Å². The van der Waals surface area contributed by atoms with Gasteiger partial charge in [0.05, 0.1) is 12.5 Å². The highest BCUT2D eigenvalue weighted by molar-refractivity contribution is 6.30. The Bertz CT molecular complexity index is 720. The van der Waals surface area contributed by atoms with Gasteiger partial charge in [0, 0.05) is 37.8 Å². The molecule has 2 amide bonds. The smallest absolute Gasteiger partial charge is 0.222 e. The second kappa shape index (κ2) is 9.82. The van der Waals surface area contributed by atoms with Gasteiger partial charge in [0.2, 0.25) is 11.8 Å². The number of nitrogens with zero attached hydrogens (tertiary/aromatic N) is 1. The van der Waals surface area contributed by atoms with Crippen LogP contribution in [0.4, 0.5) is 5.69 Å². The van der Waals surface area contributed by atoms with Crippen LogP contribution in [0.3, 0.4) is 0 Å². The summed E-state index contributed by atoms with van der Waals surface area (Å²) in [4.78, 5) is 25.8. The fourth-order valence-corrected chi connectivity index (χ4v) is 2.75. The van der Waals surface area contributed by atoms with E-state index >= 15 is 0 Å². The predicted molar refractivity (Wildman–Crippen MR) is 105 cm³/mol. The van der Waals surface area contributed by atoms with Crippen LogP contribution < -0.4 is 15.5 Å². The lowest BCUT2D eigenvalue weighted by Crippen LogP contribution is -2.36. The van der Waals surface area contributed by atoms with E-state index in [1.165, 1.54) is 6.92 Å². The number of hydrogen-bond donors (Lipinski definition) is 2. The first kappa shape index (κ1) is 19.8. The van der Waals surface area contributed by atoms with Crippen LogP contribution in [-0.2, 0) is 9.59 Å². The van der Waals surface area contributed by atoms with Gasteiger partial charge in [-0.05, 0) is 29.8 Å². The molecule has 0 saturated carbocycles. The van der Waals surface area contributed by atoms with Crippen molar-refractivity contribution in [1.82, 2.24) is 10.6 Å². The number of nitrogens with one attached hydrogen (secondary N) is 2. The molecule has 2 N–H and O–H groups in total. The number of carbonyl (C=O) groups excluding carboxylic acids is 2. The maximum Gasteiger partial charge on any atom is 0.222 e. The predicted octanol–water partition coefficient (Wildman–Crippen LogP) is 3.16. The van der Waals surface area contributed by atoms with Crippen molar-refractivity contribution in [3.63, 3.8) is 0 Å². The van der Waals surface area contributed by atoms with Crippen molar-refractivity contribution in [1.29, 1.82) is 0 Å². The van der Waals surface area contributed by atoms with Crippen LogP contribution >= 0.6 is 11.6 Å². The monoisotopic (exact) mass is 373 g/mol. The van der Waals surface area contributed by atoms with E-state index in [1.54, 1.807) is 12.1 Å². The quantitative estimate of drug-likeness (QED) is 0.747. The van der Waals surface area contributed by atoms with Gasteiger partial charge in [-0.1, -0.05) is 41.9 Å². The van der Waals surface area contributed by atoms with Crippen LogP contribution in [-0.4, -0.2) is 32.0 Å². The van der Waals surface area contributed by atoms with E-state index < -0.39 is 0 Å². The lowest BCUT2D eigenvalue weighted by atomic mass is 10.0. The zero-order valence-electron chi connectivity index (χ0n) is 15.0. The lowest BCUT2D eigenvalue weighted by Gasteiger charge is -2.21.